The number of hydrogen-bond acceptors (Lipinski definition) is 4. The molecule has 8 heteroatoms. The average Bonchev–Trinajstić information content (AvgIpc) is 2.69. The van der Waals surface area contributed by atoms with Crippen molar-refractivity contribution < 1.29 is 17.9 Å². The van der Waals surface area contributed by atoms with Gasteiger partial charge in [0.2, 0.25) is 10.0 Å². The zero-order valence-corrected chi connectivity index (χ0v) is 20.2. The van der Waals surface area contributed by atoms with E-state index in [9.17, 15) is 13.2 Å². The molecule has 0 fully saturated rings. The first-order valence-electron chi connectivity index (χ1n) is 10.1. The smallest absolute Gasteiger partial charge is 0.259 e. The van der Waals surface area contributed by atoms with Gasteiger partial charge in [-0.05, 0) is 69.2 Å². The molecule has 0 atom stereocenters. The third-order valence-corrected chi connectivity index (χ3v) is 6.65. The lowest BCUT2D eigenvalue weighted by molar-refractivity contribution is 0.102. The molecule has 0 aliphatic heterocycles. The molecule has 2 rings (SSSR count). The van der Waals surface area contributed by atoms with Crippen molar-refractivity contribution >= 4 is 37.5 Å². The summed E-state index contributed by atoms with van der Waals surface area (Å²) in [6, 6.07) is 11.5. The average molecular weight is 497 g/mol. The van der Waals surface area contributed by atoms with Crippen molar-refractivity contribution in [1.82, 2.24) is 4.31 Å². The van der Waals surface area contributed by atoms with Gasteiger partial charge in [0.15, 0.2) is 0 Å². The molecule has 6 nitrogen and oxygen atoms in total. The molecular weight excluding hydrogens is 468 g/mol. The van der Waals surface area contributed by atoms with Crippen LogP contribution in [0.2, 0.25) is 0 Å². The first-order valence-corrected chi connectivity index (χ1v) is 12.3. The summed E-state index contributed by atoms with van der Waals surface area (Å²) in [5.41, 5.74) is 0.902. The summed E-state index contributed by atoms with van der Waals surface area (Å²) < 4.78 is 33.7. The summed E-state index contributed by atoms with van der Waals surface area (Å²) in [4.78, 5) is 13.0. The fourth-order valence-electron chi connectivity index (χ4n) is 2.95. The maximum atomic E-state index is 12.9. The summed E-state index contributed by atoms with van der Waals surface area (Å²) in [5.74, 6) is 0.154. The van der Waals surface area contributed by atoms with Gasteiger partial charge in [-0.25, -0.2) is 8.42 Å². The number of ether oxygens (including phenoxy) is 1. The van der Waals surface area contributed by atoms with E-state index in [1.54, 1.807) is 24.3 Å². The molecule has 0 spiro atoms. The molecule has 30 heavy (non-hydrogen) atoms. The molecule has 0 radical (unpaired) electrons. The second-order valence-electron chi connectivity index (χ2n) is 7.19. The molecule has 0 unspecified atom stereocenters. The Kier molecular flexibility index (Phi) is 8.88. The third-order valence-electron chi connectivity index (χ3n) is 4.24. The number of rotatable bonds is 10. The van der Waals surface area contributed by atoms with E-state index < -0.39 is 10.0 Å². The fourth-order valence-corrected chi connectivity index (χ4v) is 4.93. The van der Waals surface area contributed by atoms with E-state index in [2.05, 4.69) is 21.2 Å². The van der Waals surface area contributed by atoms with Crippen LogP contribution in [0.25, 0.3) is 0 Å². The largest absolute Gasteiger partial charge is 0.490 e. The number of halogens is 1. The number of hydrogen-bond donors (Lipinski definition) is 1. The quantitative estimate of drug-likeness (QED) is 0.484. The van der Waals surface area contributed by atoms with E-state index in [0.717, 1.165) is 17.3 Å². The van der Waals surface area contributed by atoms with Crippen LogP contribution in [0.15, 0.2) is 51.8 Å². The van der Waals surface area contributed by atoms with E-state index in [1.807, 2.05) is 33.8 Å². The maximum Gasteiger partial charge on any atom is 0.259 e. The number of benzene rings is 2. The van der Waals surface area contributed by atoms with Gasteiger partial charge in [-0.15, -0.1) is 0 Å². The first kappa shape index (κ1) is 24.4. The Balaban J connectivity index is 2.22. The van der Waals surface area contributed by atoms with Crippen LogP contribution in [0.3, 0.4) is 0 Å². The second kappa shape index (κ2) is 10.9. The highest BCUT2D eigenvalue weighted by atomic mass is 79.9. The number of carbonyl (C=O) groups is 1. The summed E-state index contributed by atoms with van der Waals surface area (Å²) in [7, 11) is -3.55. The summed E-state index contributed by atoms with van der Waals surface area (Å²) in [6.45, 7) is 8.66. The van der Waals surface area contributed by atoms with Crippen LogP contribution < -0.4 is 10.1 Å². The molecule has 0 aliphatic rings. The molecule has 0 saturated carbocycles. The monoisotopic (exact) mass is 496 g/mol. The molecule has 1 N–H and O–H groups in total. The van der Waals surface area contributed by atoms with Crippen molar-refractivity contribution in [2.75, 3.05) is 18.4 Å². The van der Waals surface area contributed by atoms with Crippen molar-refractivity contribution in [3.8, 4) is 5.75 Å². The standard InChI is InChI=1S/C22H29BrN2O4S/c1-5-13-25(14-6-2)30(27,28)19-10-8-18(9-11-19)24-22(26)20-15-17(23)7-12-21(20)29-16(3)4/h7-12,15-16H,5-6,13-14H2,1-4H3,(H,24,26). The summed E-state index contributed by atoms with van der Waals surface area (Å²) in [5, 5.41) is 2.81. The van der Waals surface area contributed by atoms with Crippen LogP contribution in [0.5, 0.6) is 5.75 Å². The Hall–Kier alpha value is -1.90. The normalized spacial score (nSPS) is 11.7. The molecule has 0 bridgehead atoms. The van der Waals surface area contributed by atoms with Gasteiger partial charge in [-0.3, -0.25) is 4.79 Å². The number of nitrogens with zero attached hydrogens (tertiary/aromatic N) is 1. The molecule has 0 aromatic heterocycles. The number of nitrogens with one attached hydrogen (secondary N) is 1. The zero-order chi connectivity index (χ0) is 22.3. The molecule has 0 saturated heterocycles. The number of carbonyl (C=O) groups excluding carboxylic acids is 1. The highest BCUT2D eigenvalue weighted by molar-refractivity contribution is 9.10. The maximum absolute atomic E-state index is 12.9. The Labute approximate surface area is 187 Å². The first-order chi connectivity index (χ1) is 14.2. The minimum absolute atomic E-state index is 0.0728. The highest BCUT2D eigenvalue weighted by Crippen LogP contribution is 2.26. The van der Waals surface area contributed by atoms with Crippen LogP contribution in [0.1, 0.15) is 50.9 Å². The van der Waals surface area contributed by atoms with Crippen LogP contribution in [-0.2, 0) is 10.0 Å². The molecule has 0 heterocycles. The number of amides is 1. The second-order valence-corrected chi connectivity index (χ2v) is 10.0. The molecule has 1 amide bonds. The number of anilines is 1. The van der Waals surface area contributed by atoms with E-state index in [1.165, 1.54) is 16.4 Å². The van der Waals surface area contributed by atoms with E-state index >= 15 is 0 Å². The third kappa shape index (κ3) is 6.30. The molecule has 2 aromatic carbocycles. The Morgan fingerprint density at radius 3 is 2.20 bits per heavy atom. The van der Waals surface area contributed by atoms with Crippen molar-refractivity contribution in [3.05, 3.63) is 52.5 Å². The Bertz CT molecular complexity index is 954. The lowest BCUT2D eigenvalue weighted by atomic mass is 10.1. The Morgan fingerprint density at radius 1 is 1.07 bits per heavy atom. The van der Waals surface area contributed by atoms with E-state index in [-0.39, 0.29) is 16.9 Å². The predicted octanol–water partition coefficient (Wildman–Crippen LogP) is 5.30. The van der Waals surface area contributed by atoms with Gasteiger partial charge in [0.05, 0.1) is 16.6 Å². The van der Waals surface area contributed by atoms with Crippen molar-refractivity contribution in [2.45, 2.75) is 51.5 Å². The molecule has 0 aliphatic carbocycles. The lowest BCUT2D eigenvalue weighted by Gasteiger charge is -2.21. The summed E-state index contributed by atoms with van der Waals surface area (Å²) >= 11 is 3.38. The molecular formula is C22H29BrN2O4S. The summed E-state index contributed by atoms with van der Waals surface area (Å²) in [6.07, 6.45) is 1.43. The van der Waals surface area contributed by atoms with E-state index in [4.69, 9.17) is 4.74 Å². The van der Waals surface area contributed by atoms with Crippen LogP contribution in [0, 0.1) is 0 Å². The van der Waals surface area contributed by atoms with Gasteiger partial charge in [0, 0.05) is 23.2 Å². The predicted molar refractivity (Wildman–Crippen MR) is 124 cm³/mol. The van der Waals surface area contributed by atoms with Gasteiger partial charge in [0.25, 0.3) is 5.91 Å². The van der Waals surface area contributed by atoms with Crippen molar-refractivity contribution in [1.29, 1.82) is 0 Å². The lowest BCUT2D eigenvalue weighted by Crippen LogP contribution is -2.32. The van der Waals surface area contributed by atoms with Gasteiger partial charge in [-0.1, -0.05) is 29.8 Å². The minimum Gasteiger partial charge on any atom is -0.490 e. The van der Waals surface area contributed by atoms with Crippen LogP contribution >= 0.6 is 15.9 Å². The zero-order valence-electron chi connectivity index (χ0n) is 17.8. The number of sulfonamides is 1. The van der Waals surface area contributed by atoms with E-state index in [0.29, 0.717) is 30.1 Å². The van der Waals surface area contributed by atoms with Crippen LogP contribution in [0.4, 0.5) is 5.69 Å². The van der Waals surface area contributed by atoms with Crippen molar-refractivity contribution in [3.63, 3.8) is 0 Å². The SMILES string of the molecule is CCCN(CCC)S(=O)(=O)c1ccc(NC(=O)c2cc(Br)ccc2OC(C)C)cc1. The van der Waals surface area contributed by atoms with Crippen molar-refractivity contribution in [2.24, 2.45) is 0 Å². The topological polar surface area (TPSA) is 75.7 Å². The Morgan fingerprint density at radius 2 is 1.67 bits per heavy atom. The van der Waals surface area contributed by atoms with Gasteiger partial charge in [0.1, 0.15) is 5.75 Å². The minimum atomic E-state index is -3.55. The van der Waals surface area contributed by atoms with Gasteiger partial charge >= 0.3 is 0 Å². The molecule has 164 valence electrons. The van der Waals surface area contributed by atoms with Gasteiger partial charge in [-0.2, -0.15) is 4.31 Å². The van der Waals surface area contributed by atoms with Crippen LogP contribution in [-0.4, -0.2) is 37.8 Å². The van der Waals surface area contributed by atoms with Gasteiger partial charge < -0.3 is 10.1 Å². The highest BCUT2D eigenvalue weighted by Gasteiger charge is 2.23. The fraction of sp³-hybridized carbons (Fsp3) is 0.409. The molecule has 2 aromatic rings.